The summed E-state index contributed by atoms with van der Waals surface area (Å²) in [4.78, 5) is 13.4. The smallest absolute Gasteiger partial charge is 0.247 e. The van der Waals surface area contributed by atoms with Gasteiger partial charge in [0.25, 0.3) is 0 Å². The van der Waals surface area contributed by atoms with E-state index < -0.39 is 0 Å². The van der Waals surface area contributed by atoms with Crippen LogP contribution in [0.4, 0.5) is 0 Å². The average Bonchev–Trinajstić information content (AvgIpc) is 2.81. The van der Waals surface area contributed by atoms with Crippen LogP contribution in [-0.2, 0) is 4.79 Å². The molecule has 2 heteroatoms. The molecule has 1 rings (SSSR count). The van der Waals surface area contributed by atoms with E-state index in [-0.39, 0.29) is 5.91 Å². The van der Waals surface area contributed by atoms with Crippen LogP contribution in [-0.4, -0.2) is 23.9 Å². The summed E-state index contributed by atoms with van der Waals surface area (Å²) in [7, 11) is 0. The second kappa shape index (κ2) is 7.98. The quantitative estimate of drug-likeness (QED) is 0.404. The van der Waals surface area contributed by atoms with E-state index in [9.17, 15) is 4.79 Å². The summed E-state index contributed by atoms with van der Waals surface area (Å²) in [5.74, 6) is 6.09. The van der Waals surface area contributed by atoms with Crippen LogP contribution in [0.25, 0.3) is 0 Å². The van der Waals surface area contributed by atoms with E-state index in [1.54, 1.807) is 12.2 Å². The molecule has 0 aromatic heterocycles. The van der Waals surface area contributed by atoms with Crippen LogP contribution >= 0.6 is 0 Å². The van der Waals surface area contributed by atoms with Gasteiger partial charge in [0, 0.05) is 25.6 Å². The Hall–Kier alpha value is -1.23. The maximum atomic E-state index is 11.6. The number of unbranched alkanes of at least 4 members (excludes halogenated alkanes) is 3. The van der Waals surface area contributed by atoms with Crippen LogP contribution in [0.3, 0.4) is 0 Å². The molecule has 0 aromatic rings. The van der Waals surface area contributed by atoms with Crippen LogP contribution in [0.5, 0.6) is 0 Å². The molecule has 0 radical (unpaired) electrons. The number of allylic oxidation sites excluding steroid dienone is 1. The van der Waals surface area contributed by atoms with Gasteiger partial charge >= 0.3 is 0 Å². The molecule has 0 spiro atoms. The second-order valence-corrected chi connectivity index (χ2v) is 4.14. The SMILES string of the molecule is CCCCCC#C/C=C/C(=O)N1CCCC1. The standard InChI is InChI=1S/C14H21NO/c1-2-3-4-5-6-7-8-11-14(16)15-12-9-10-13-15/h8,11H,2-5,9-10,12-13H2,1H3/b11-8+. The number of hydrogen-bond donors (Lipinski definition) is 0. The Balaban J connectivity index is 2.17. The zero-order valence-corrected chi connectivity index (χ0v) is 10.2. The summed E-state index contributed by atoms with van der Waals surface area (Å²) in [6.07, 6.45) is 10.1. The molecule has 0 unspecified atom stereocenters. The molecule has 0 atom stereocenters. The maximum Gasteiger partial charge on any atom is 0.247 e. The van der Waals surface area contributed by atoms with Crippen LogP contribution in [0.1, 0.15) is 45.4 Å². The molecule has 2 nitrogen and oxygen atoms in total. The van der Waals surface area contributed by atoms with E-state index in [1.165, 1.54) is 12.8 Å². The maximum absolute atomic E-state index is 11.6. The Morgan fingerprint density at radius 3 is 2.75 bits per heavy atom. The van der Waals surface area contributed by atoms with Gasteiger partial charge in [0.1, 0.15) is 0 Å². The van der Waals surface area contributed by atoms with Gasteiger partial charge in [-0.3, -0.25) is 4.79 Å². The van der Waals surface area contributed by atoms with Crippen LogP contribution in [0, 0.1) is 11.8 Å². The Bertz CT molecular complexity index is 290. The first kappa shape index (κ1) is 12.8. The number of likely N-dealkylation sites (tertiary alicyclic amines) is 1. The highest BCUT2D eigenvalue weighted by molar-refractivity contribution is 5.88. The Kier molecular flexibility index (Phi) is 6.41. The van der Waals surface area contributed by atoms with Gasteiger partial charge in [0.2, 0.25) is 5.91 Å². The largest absolute Gasteiger partial charge is 0.339 e. The van der Waals surface area contributed by atoms with Gasteiger partial charge < -0.3 is 4.90 Å². The van der Waals surface area contributed by atoms with E-state index in [4.69, 9.17) is 0 Å². The molecule has 0 saturated carbocycles. The van der Waals surface area contributed by atoms with Gasteiger partial charge in [-0.05, 0) is 25.3 Å². The first-order valence-corrected chi connectivity index (χ1v) is 6.28. The van der Waals surface area contributed by atoms with Crippen molar-refractivity contribution in [1.82, 2.24) is 4.90 Å². The summed E-state index contributed by atoms with van der Waals surface area (Å²) in [6.45, 7) is 4.00. The lowest BCUT2D eigenvalue weighted by Gasteiger charge is -2.11. The fraction of sp³-hybridized carbons (Fsp3) is 0.643. The minimum absolute atomic E-state index is 0.111. The molecule has 0 bridgehead atoms. The molecule has 0 aromatic carbocycles. The zero-order valence-electron chi connectivity index (χ0n) is 10.2. The molecule has 0 N–H and O–H groups in total. The van der Waals surface area contributed by atoms with Crippen molar-refractivity contribution in [3.8, 4) is 11.8 Å². The monoisotopic (exact) mass is 219 g/mol. The van der Waals surface area contributed by atoms with E-state index >= 15 is 0 Å². The third-order valence-corrected chi connectivity index (χ3v) is 2.73. The van der Waals surface area contributed by atoms with E-state index in [2.05, 4.69) is 18.8 Å². The van der Waals surface area contributed by atoms with Gasteiger partial charge in [0.15, 0.2) is 0 Å². The van der Waals surface area contributed by atoms with Crippen molar-refractivity contribution in [3.63, 3.8) is 0 Å². The van der Waals surface area contributed by atoms with Crippen molar-refractivity contribution in [1.29, 1.82) is 0 Å². The Labute approximate surface area is 98.7 Å². The van der Waals surface area contributed by atoms with Crippen molar-refractivity contribution >= 4 is 5.91 Å². The molecule has 88 valence electrons. The first-order chi connectivity index (χ1) is 7.84. The number of rotatable bonds is 4. The second-order valence-electron chi connectivity index (χ2n) is 4.14. The Morgan fingerprint density at radius 1 is 1.31 bits per heavy atom. The fourth-order valence-electron chi connectivity index (χ4n) is 1.75. The zero-order chi connectivity index (χ0) is 11.6. The number of carbonyl (C=O) groups is 1. The Morgan fingerprint density at radius 2 is 2.06 bits per heavy atom. The lowest BCUT2D eigenvalue weighted by Crippen LogP contribution is -2.25. The molecule has 1 amide bonds. The highest BCUT2D eigenvalue weighted by Crippen LogP contribution is 2.07. The highest BCUT2D eigenvalue weighted by atomic mass is 16.2. The van der Waals surface area contributed by atoms with Crippen molar-refractivity contribution in [3.05, 3.63) is 12.2 Å². The lowest BCUT2D eigenvalue weighted by molar-refractivity contribution is -0.124. The predicted octanol–water partition coefficient (Wildman–Crippen LogP) is 2.75. The molecule has 1 heterocycles. The van der Waals surface area contributed by atoms with Crippen LogP contribution in [0.2, 0.25) is 0 Å². The molecule has 1 aliphatic rings. The average molecular weight is 219 g/mol. The lowest BCUT2D eigenvalue weighted by atomic mass is 10.2. The number of hydrogen-bond acceptors (Lipinski definition) is 1. The third-order valence-electron chi connectivity index (χ3n) is 2.73. The van der Waals surface area contributed by atoms with E-state index in [1.807, 2.05) is 4.90 Å². The molecular weight excluding hydrogens is 198 g/mol. The van der Waals surface area contributed by atoms with Crippen molar-refractivity contribution in [2.75, 3.05) is 13.1 Å². The topological polar surface area (TPSA) is 20.3 Å². The third kappa shape index (κ3) is 5.02. The fourth-order valence-corrected chi connectivity index (χ4v) is 1.75. The summed E-state index contributed by atoms with van der Waals surface area (Å²) in [5, 5.41) is 0. The van der Waals surface area contributed by atoms with Gasteiger partial charge in [0.05, 0.1) is 0 Å². The number of amides is 1. The van der Waals surface area contributed by atoms with Gasteiger partial charge in [-0.1, -0.05) is 31.6 Å². The van der Waals surface area contributed by atoms with Gasteiger partial charge in [-0.15, -0.1) is 0 Å². The minimum atomic E-state index is 0.111. The highest BCUT2D eigenvalue weighted by Gasteiger charge is 2.14. The molecule has 16 heavy (non-hydrogen) atoms. The van der Waals surface area contributed by atoms with Gasteiger partial charge in [-0.25, -0.2) is 0 Å². The first-order valence-electron chi connectivity index (χ1n) is 6.28. The van der Waals surface area contributed by atoms with Crippen molar-refractivity contribution in [2.24, 2.45) is 0 Å². The number of nitrogens with zero attached hydrogens (tertiary/aromatic N) is 1. The molecular formula is C14H21NO. The molecule has 0 aliphatic carbocycles. The summed E-state index contributed by atoms with van der Waals surface area (Å²) in [5.41, 5.74) is 0. The summed E-state index contributed by atoms with van der Waals surface area (Å²) < 4.78 is 0. The molecule has 1 fully saturated rings. The predicted molar refractivity (Wildman–Crippen MR) is 66.9 cm³/mol. The van der Waals surface area contributed by atoms with E-state index in [0.717, 1.165) is 38.8 Å². The van der Waals surface area contributed by atoms with Gasteiger partial charge in [-0.2, -0.15) is 0 Å². The minimum Gasteiger partial charge on any atom is -0.339 e. The van der Waals surface area contributed by atoms with Crippen LogP contribution < -0.4 is 0 Å². The van der Waals surface area contributed by atoms with Crippen molar-refractivity contribution < 1.29 is 4.79 Å². The van der Waals surface area contributed by atoms with E-state index in [0.29, 0.717) is 0 Å². The summed E-state index contributed by atoms with van der Waals surface area (Å²) in [6, 6.07) is 0. The molecule has 1 aliphatic heterocycles. The molecule has 1 saturated heterocycles. The van der Waals surface area contributed by atoms with Crippen molar-refractivity contribution in [2.45, 2.75) is 45.4 Å². The normalized spacial score (nSPS) is 15.2. The summed E-state index contributed by atoms with van der Waals surface area (Å²) >= 11 is 0. The number of carbonyl (C=O) groups excluding carboxylic acids is 1. The van der Waals surface area contributed by atoms with Crippen LogP contribution in [0.15, 0.2) is 12.2 Å².